The standard InChI is InChI=1S/C16H26N2O4/c1-10(18-15(20)22-16(4,5)6)7-14(19)17-9-13-8-11(2)21-12(13)3/h8,10H,7,9H2,1-6H3,(H,17,19)(H,18,20)/t10-/m0/s1. The second kappa shape index (κ2) is 7.33. The lowest BCUT2D eigenvalue weighted by molar-refractivity contribution is -0.121. The minimum atomic E-state index is -0.553. The van der Waals surface area contributed by atoms with E-state index in [4.69, 9.17) is 9.15 Å². The summed E-state index contributed by atoms with van der Waals surface area (Å²) < 4.78 is 10.5. The third-order valence-corrected chi connectivity index (χ3v) is 2.87. The molecular formula is C16H26N2O4. The normalized spacial score (nSPS) is 12.6. The lowest BCUT2D eigenvalue weighted by Crippen LogP contribution is -2.40. The Morgan fingerprint density at radius 1 is 1.32 bits per heavy atom. The van der Waals surface area contributed by atoms with Crippen molar-refractivity contribution in [1.29, 1.82) is 0 Å². The molecule has 6 heteroatoms. The van der Waals surface area contributed by atoms with Crippen LogP contribution in [0.1, 0.15) is 51.2 Å². The predicted molar refractivity (Wildman–Crippen MR) is 83.5 cm³/mol. The Balaban J connectivity index is 2.35. The molecule has 0 radical (unpaired) electrons. The predicted octanol–water partition coefficient (Wildman–Crippen LogP) is 2.82. The van der Waals surface area contributed by atoms with E-state index in [1.807, 2.05) is 19.9 Å². The fourth-order valence-corrected chi connectivity index (χ4v) is 1.96. The Morgan fingerprint density at radius 2 is 1.95 bits per heavy atom. The molecular weight excluding hydrogens is 284 g/mol. The fourth-order valence-electron chi connectivity index (χ4n) is 1.96. The topological polar surface area (TPSA) is 80.6 Å². The van der Waals surface area contributed by atoms with Gasteiger partial charge in [0.2, 0.25) is 5.91 Å². The molecule has 1 aromatic heterocycles. The van der Waals surface area contributed by atoms with Crippen molar-refractivity contribution in [2.45, 2.75) is 66.2 Å². The van der Waals surface area contributed by atoms with Crippen molar-refractivity contribution in [3.8, 4) is 0 Å². The zero-order valence-electron chi connectivity index (χ0n) is 14.2. The van der Waals surface area contributed by atoms with Crippen LogP contribution in [0.2, 0.25) is 0 Å². The van der Waals surface area contributed by atoms with Gasteiger partial charge in [0, 0.05) is 24.6 Å². The molecule has 1 atom stereocenters. The van der Waals surface area contributed by atoms with E-state index in [0.717, 1.165) is 17.1 Å². The SMILES string of the molecule is Cc1cc(CNC(=O)C[C@H](C)NC(=O)OC(C)(C)C)c(C)o1. The first-order chi connectivity index (χ1) is 10.1. The molecule has 0 saturated heterocycles. The first-order valence-corrected chi connectivity index (χ1v) is 7.39. The van der Waals surface area contributed by atoms with E-state index < -0.39 is 11.7 Å². The fraction of sp³-hybridized carbons (Fsp3) is 0.625. The number of nitrogens with one attached hydrogen (secondary N) is 2. The van der Waals surface area contributed by atoms with Crippen molar-refractivity contribution < 1.29 is 18.7 Å². The molecule has 2 amide bonds. The van der Waals surface area contributed by atoms with Gasteiger partial charge < -0.3 is 19.8 Å². The molecule has 0 aliphatic rings. The highest BCUT2D eigenvalue weighted by molar-refractivity contribution is 5.77. The number of hydrogen-bond acceptors (Lipinski definition) is 4. The van der Waals surface area contributed by atoms with Gasteiger partial charge in [-0.1, -0.05) is 0 Å². The highest BCUT2D eigenvalue weighted by atomic mass is 16.6. The highest BCUT2D eigenvalue weighted by Crippen LogP contribution is 2.13. The maximum Gasteiger partial charge on any atom is 0.407 e. The molecule has 0 aromatic carbocycles. The summed E-state index contributed by atoms with van der Waals surface area (Å²) in [5.41, 5.74) is 0.404. The number of hydrogen-bond donors (Lipinski definition) is 2. The van der Waals surface area contributed by atoms with Crippen molar-refractivity contribution in [3.63, 3.8) is 0 Å². The lowest BCUT2D eigenvalue weighted by Gasteiger charge is -2.21. The van der Waals surface area contributed by atoms with Gasteiger partial charge in [0.05, 0.1) is 0 Å². The van der Waals surface area contributed by atoms with Crippen LogP contribution in [-0.2, 0) is 16.1 Å². The molecule has 22 heavy (non-hydrogen) atoms. The van der Waals surface area contributed by atoms with Crippen LogP contribution in [0, 0.1) is 13.8 Å². The summed E-state index contributed by atoms with van der Waals surface area (Å²) in [6, 6.07) is 1.60. The molecule has 0 aliphatic heterocycles. The van der Waals surface area contributed by atoms with Gasteiger partial charge in [0.1, 0.15) is 17.1 Å². The summed E-state index contributed by atoms with van der Waals surface area (Å²) in [7, 11) is 0. The number of furan rings is 1. The second-order valence-corrected chi connectivity index (χ2v) is 6.47. The average molecular weight is 310 g/mol. The van der Waals surface area contributed by atoms with Crippen molar-refractivity contribution in [1.82, 2.24) is 10.6 Å². The first-order valence-electron chi connectivity index (χ1n) is 7.39. The summed E-state index contributed by atoms with van der Waals surface area (Å²) in [6.07, 6.45) is -0.330. The van der Waals surface area contributed by atoms with E-state index in [0.29, 0.717) is 6.54 Å². The Bertz CT molecular complexity index is 529. The monoisotopic (exact) mass is 310 g/mol. The van der Waals surface area contributed by atoms with Gasteiger partial charge in [-0.2, -0.15) is 0 Å². The van der Waals surface area contributed by atoms with E-state index in [1.165, 1.54) is 0 Å². The van der Waals surface area contributed by atoms with E-state index in [-0.39, 0.29) is 18.4 Å². The van der Waals surface area contributed by atoms with Gasteiger partial charge in [-0.25, -0.2) is 4.79 Å². The van der Waals surface area contributed by atoms with Gasteiger partial charge in [-0.15, -0.1) is 0 Å². The van der Waals surface area contributed by atoms with E-state index in [2.05, 4.69) is 10.6 Å². The molecule has 6 nitrogen and oxygen atoms in total. The van der Waals surface area contributed by atoms with E-state index in [9.17, 15) is 9.59 Å². The zero-order valence-corrected chi connectivity index (χ0v) is 14.2. The number of carbonyl (C=O) groups is 2. The molecule has 0 spiro atoms. The Morgan fingerprint density at radius 3 is 2.45 bits per heavy atom. The van der Waals surface area contributed by atoms with Crippen LogP contribution < -0.4 is 10.6 Å². The van der Waals surface area contributed by atoms with Gasteiger partial charge in [0.25, 0.3) is 0 Å². The molecule has 1 aromatic rings. The zero-order chi connectivity index (χ0) is 16.9. The third kappa shape index (κ3) is 6.65. The molecule has 2 N–H and O–H groups in total. The summed E-state index contributed by atoms with van der Waals surface area (Å²) in [5, 5.41) is 5.45. The van der Waals surface area contributed by atoms with Crippen molar-refractivity contribution in [2.24, 2.45) is 0 Å². The maximum atomic E-state index is 11.9. The lowest BCUT2D eigenvalue weighted by atomic mass is 10.2. The largest absolute Gasteiger partial charge is 0.466 e. The van der Waals surface area contributed by atoms with Crippen LogP contribution in [0.25, 0.3) is 0 Å². The van der Waals surface area contributed by atoms with E-state index in [1.54, 1.807) is 27.7 Å². The molecule has 0 aliphatic carbocycles. The van der Waals surface area contributed by atoms with Crippen LogP contribution in [0.5, 0.6) is 0 Å². The molecule has 0 bridgehead atoms. The van der Waals surface area contributed by atoms with Gasteiger partial charge in [-0.3, -0.25) is 4.79 Å². The number of carbonyl (C=O) groups excluding carboxylic acids is 2. The Hall–Kier alpha value is -1.98. The molecule has 124 valence electrons. The number of rotatable bonds is 5. The van der Waals surface area contributed by atoms with Crippen molar-refractivity contribution in [3.05, 3.63) is 23.2 Å². The highest BCUT2D eigenvalue weighted by Gasteiger charge is 2.19. The van der Waals surface area contributed by atoms with Crippen molar-refractivity contribution >= 4 is 12.0 Å². The molecule has 0 fully saturated rings. The van der Waals surface area contributed by atoms with Gasteiger partial charge >= 0.3 is 6.09 Å². The Kier molecular flexibility index (Phi) is 6.02. The third-order valence-electron chi connectivity index (χ3n) is 2.87. The maximum absolute atomic E-state index is 11.9. The minimum absolute atomic E-state index is 0.137. The summed E-state index contributed by atoms with van der Waals surface area (Å²) in [4.78, 5) is 23.5. The average Bonchev–Trinajstić information content (AvgIpc) is 2.62. The van der Waals surface area contributed by atoms with Gasteiger partial charge in [-0.05, 0) is 47.6 Å². The van der Waals surface area contributed by atoms with Crippen LogP contribution in [0.4, 0.5) is 4.79 Å². The molecule has 0 unspecified atom stereocenters. The minimum Gasteiger partial charge on any atom is -0.466 e. The molecule has 0 saturated carbocycles. The number of ether oxygens (including phenoxy) is 1. The number of amides is 2. The molecule has 1 heterocycles. The summed E-state index contributed by atoms with van der Waals surface area (Å²) in [5.74, 6) is 1.49. The number of aryl methyl sites for hydroxylation is 2. The van der Waals surface area contributed by atoms with Crippen LogP contribution in [0.15, 0.2) is 10.5 Å². The smallest absolute Gasteiger partial charge is 0.407 e. The first kappa shape index (κ1) is 18.1. The van der Waals surface area contributed by atoms with Crippen LogP contribution in [-0.4, -0.2) is 23.6 Å². The summed E-state index contributed by atoms with van der Waals surface area (Å²) in [6.45, 7) is 11.3. The number of alkyl carbamates (subject to hydrolysis) is 1. The molecule has 1 rings (SSSR count). The van der Waals surface area contributed by atoms with E-state index >= 15 is 0 Å². The van der Waals surface area contributed by atoms with Crippen LogP contribution in [0.3, 0.4) is 0 Å². The Labute approximate surface area is 131 Å². The van der Waals surface area contributed by atoms with Crippen LogP contribution >= 0.6 is 0 Å². The van der Waals surface area contributed by atoms with Gasteiger partial charge in [0.15, 0.2) is 0 Å². The van der Waals surface area contributed by atoms with Crippen molar-refractivity contribution in [2.75, 3.05) is 0 Å². The quantitative estimate of drug-likeness (QED) is 0.876. The summed E-state index contributed by atoms with van der Waals surface area (Å²) >= 11 is 0. The second-order valence-electron chi connectivity index (χ2n) is 6.47.